The van der Waals surface area contributed by atoms with E-state index in [4.69, 9.17) is 9.47 Å². The Morgan fingerprint density at radius 1 is 1.17 bits per heavy atom. The van der Waals surface area contributed by atoms with Crippen molar-refractivity contribution in [1.29, 1.82) is 0 Å². The SMILES string of the molecule is COc1cc(C=O)cc(-c2ccccn2)c1OC. The van der Waals surface area contributed by atoms with Gasteiger partial charge < -0.3 is 9.47 Å². The van der Waals surface area contributed by atoms with E-state index in [1.54, 1.807) is 25.4 Å². The Labute approximate surface area is 105 Å². The molecule has 1 aromatic heterocycles. The van der Waals surface area contributed by atoms with Gasteiger partial charge >= 0.3 is 0 Å². The summed E-state index contributed by atoms with van der Waals surface area (Å²) in [5.41, 5.74) is 1.99. The molecule has 0 aliphatic carbocycles. The molecule has 0 aliphatic rings. The molecule has 92 valence electrons. The van der Waals surface area contributed by atoms with Gasteiger partial charge in [-0.1, -0.05) is 6.07 Å². The summed E-state index contributed by atoms with van der Waals surface area (Å²) in [5.74, 6) is 1.09. The first kappa shape index (κ1) is 12.1. The molecule has 0 unspecified atom stereocenters. The molecule has 0 radical (unpaired) electrons. The number of hydrogen-bond acceptors (Lipinski definition) is 4. The molecule has 0 saturated heterocycles. The number of rotatable bonds is 4. The third kappa shape index (κ3) is 2.18. The fourth-order valence-corrected chi connectivity index (χ4v) is 1.77. The maximum Gasteiger partial charge on any atom is 0.170 e. The number of nitrogens with zero attached hydrogens (tertiary/aromatic N) is 1. The maximum atomic E-state index is 10.9. The second-order valence-electron chi connectivity index (χ2n) is 3.64. The number of hydrogen-bond donors (Lipinski definition) is 0. The lowest BCUT2D eigenvalue weighted by Crippen LogP contribution is -1.96. The Bertz CT molecular complexity index is 552. The Morgan fingerprint density at radius 2 is 2.00 bits per heavy atom. The van der Waals surface area contributed by atoms with E-state index in [9.17, 15) is 4.79 Å². The number of carbonyl (C=O) groups excluding carboxylic acids is 1. The number of aromatic nitrogens is 1. The predicted octanol–water partition coefficient (Wildman–Crippen LogP) is 2.58. The predicted molar refractivity (Wildman–Crippen MR) is 68.2 cm³/mol. The molecule has 0 amide bonds. The molecule has 2 aromatic rings. The highest BCUT2D eigenvalue weighted by molar-refractivity contribution is 5.83. The summed E-state index contributed by atoms with van der Waals surface area (Å²) in [5, 5.41) is 0. The van der Waals surface area contributed by atoms with Gasteiger partial charge in [0, 0.05) is 17.3 Å². The minimum atomic E-state index is 0.516. The van der Waals surface area contributed by atoms with Gasteiger partial charge in [-0.25, -0.2) is 0 Å². The highest BCUT2D eigenvalue weighted by Gasteiger charge is 2.14. The zero-order chi connectivity index (χ0) is 13.0. The molecule has 0 atom stereocenters. The van der Waals surface area contributed by atoms with E-state index in [0.29, 0.717) is 17.1 Å². The summed E-state index contributed by atoms with van der Waals surface area (Å²) in [7, 11) is 3.10. The van der Waals surface area contributed by atoms with Gasteiger partial charge in [-0.3, -0.25) is 9.78 Å². The smallest absolute Gasteiger partial charge is 0.170 e. The highest BCUT2D eigenvalue weighted by atomic mass is 16.5. The van der Waals surface area contributed by atoms with E-state index in [1.165, 1.54) is 7.11 Å². The summed E-state index contributed by atoms with van der Waals surface area (Å²) < 4.78 is 10.6. The van der Waals surface area contributed by atoms with Crippen LogP contribution in [0.25, 0.3) is 11.3 Å². The molecule has 0 spiro atoms. The number of carbonyl (C=O) groups is 1. The van der Waals surface area contributed by atoms with Crippen LogP contribution in [0.3, 0.4) is 0 Å². The number of methoxy groups -OCH3 is 2. The largest absolute Gasteiger partial charge is 0.493 e. The molecule has 1 aromatic carbocycles. The Morgan fingerprint density at radius 3 is 2.56 bits per heavy atom. The first-order valence-corrected chi connectivity index (χ1v) is 5.42. The molecule has 0 aliphatic heterocycles. The summed E-state index contributed by atoms with van der Waals surface area (Å²) in [6.07, 6.45) is 2.46. The van der Waals surface area contributed by atoms with Crippen molar-refractivity contribution in [3.05, 3.63) is 42.1 Å². The van der Waals surface area contributed by atoms with E-state index in [0.717, 1.165) is 17.5 Å². The van der Waals surface area contributed by atoms with Crippen LogP contribution in [0.4, 0.5) is 0 Å². The molecule has 2 rings (SSSR count). The third-order valence-corrected chi connectivity index (χ3v) is 2.58. The first-order valence-electron chi connectivity index (χ1n) is 5.42. The average molecular weight is 243 g/mol. The van der Waals surface area contributed by atoms with Crippen molar-refractivity contribution in [2.45, 2.75) is 0 Å². The number of ether oxygens (including phenoxy) is 2. The molecule has 18 heavy (non-hydrogen) atoms. The van der Waals surface area contributed by atoms with E-state index in [1.807, 2.05) is 18.2 Å². The monoisotopic (exact) mass is 243 g/mol. The normalized spacial score (nSPS) is 9.89. The zero-order valence-electron chi connectivity index (χ0n) is 10.2. The summed E-state index contributed by atoms with van der Waals surface area (Å²) in [4.78, 5) is 15.2. The lowest BCUT2D eigenvalue weighted by molar-refractivity contribution is 0.112. The van der Waals surface area contributed by atoms with Gasteiger partial charge in [0.25, 0.3) is 0 Å². The molecule has 4 nitrogen and oxygen atoms in total. The minimum absolute atomic E-state index is 0.516. The minimum Gasteiger partial charge on any atom is -0.493 e. The van der Waals surface area contributed by atoms with Crippen LogP contribution in [0.2, 0.25) is 0 Å². The molecular weight excluding hydrogens is 230 g/mol. The summed E-state index contributed by atoms with van der Waals surface area (Å²) in [6.45, 7) is 0. The van der Waals surface area contributed by atoms with E-state index in [-0.39, 0.29) is 0 Å². The molecule has 1 heterocycles. The number of benzene rings is 1. The Kier molecular flexibility index (Phi) is 3.57. The van der Waals surface area contributed by atoms with Crippen LogP contribution >= 0.6 is 0 Å². The fraction of sp³-hybridized carbons (Fsp3) is 0.143. The molecule has 0 bridgehead atoms. The third-order valence-electron chi connectivity index (χ3n) is 2.58. The van der Waals surface area contributed by atoms with Crippen molar-refractivity contribution in [3.8, 4) is 22.8 Å². The standard InChI is InChI=1S/C14H13NO3/c1-17-13-8-10(9-16)7-11(14(13)18-2)12-5-3-4-6-15-12/h3-9H,1-2H3. The van der Waals surface area contributed by atoms with Crippen LogP contribution in [-0.2, 0) is 0 Å². The fourth-order valence-electron chi connectivity index (χ4n) is 1.77. The van der Waals surface area contributed by atoms with Gasteiger partial charge in [0.15, 0.2) is 11.5 Å². The quantitative estimate of drug-likeness (QED) is 0.774. The molecule has 4 heteroatoms. The van der Waals surface area contributed by atoms with Crippen LogP contribution in [0.5, 0.6) is 11.5 Å². The lowest BCUT2D eigenvalue weighted by atomic mass is 10.1. The Balaban J connectivity index is 2.67. The van der Waals surface area contributed by atoms with Gasteiger partial charge in [-0.15, -0.1) is 0 Å². The topological polar surface area (TPSA) is 48.4 Å². The van der Waals surface area contributed by atoms with Crippen LogP contribution in [0, 0.1) is 0 Å². The van der Waals surface area contributed by atoms with E-state index >= 15 is 0 Å². The molecular formula is C14H13NO3. The molecule has 0 saturated carbocycles. The second kappa shape index (κ2) is 5.31. The Hall–Kier alpha value is -2.36. The van der Waals surface area contributed by atoms with Crippen molar-refractivity contribution in [3.63, 3.8) is 0 Å². The summed E-state index contributed by atoms with van der Waals surface area (Å²) >= 11 is 0. The van der Waals surface area contributed by atoms with Crippen LogP contribution < -0.4 is 9.47 Å². The lowest BCUT2D eigenvalue weighted by Gasteiger charge is -2.13. The average Bonchev–Trinajstić information content (AvgIpc) is 2.46. The van der Waals surface area contributed by atoms with Crippen LogP contribution in [0.1, 0.15) is 10.4 Å². The maximum absolute atomic E-state index is 10.9. The van der Waals surface area contributed by atoms with Crippen molar-refractivity contribution < 1.29 is 14.3 Å². The van der Waals surface area contributed by atoms with E-state index < -0.39 is 0 Å². The van der Waals surface area contributed by atoms with Crippen molar-refractivity contribution >= 4 is 6.29 Å². The zero-order valence-corrected chi connectivity index (χ0v) is 10.2. The number of pyridine rings is 1. The van der Waals surface area contributed by atoms with Gasteiger partial charge in [-0.2, -0.15) is 0 Å². The van der Waals surface area contributed by atoms with Crippen molar-refractivity contribution in [2.75, 3.05) is 14.2 Å². The van der Waals surface area contributed by atoms with Crippen LogP contribution in [-0.4, -0.2) is 25.5 Å². The van der Waals surface area contributed by atoms with Gasteiger partial charge in [0.05, 0.1) is 19.9 Å². The first-order chi connectivity index (χ1) is 8.80. The molecule has 0 fully saturated rings. The van der Waals surface area contributed by atoms with Gasteiger partial charge in [-0.05, 0) is 24.3 Å². The molecule has 0 N–H and O–H groups in total. The van der Waals surface area contributed by atoms with Crippen molar-refractivity contribution in [2.24, 2.45) is 0 Å². The number of aldehydes is 1. The second-order valence-corrected chi connectivity index (χ2v) is 3.64. The van der Waals surface area contributed by atoms with Crippen LogP contribution in [0.15, 0.2) is 36.5 Å². The summed E-state index contributed by atoms with van der Waals surface area (Å²) in [6, 6.07) is 8.93. The highest BCUT2D eigenvalue weighted by Crippen LogP contribution is 2.37. The van der Waals surface area contributed by atoms with Gasteiger partial charge in [0.1, 0.15) is 6.29 Å². The van der Waals surface area contributed by atoms with Gasteiger partial charge in [0.2, 0.25) is 0 Å². The van der Waals surface area contributed by atoms with Crippen molar-refractivity contribution in [1.82, 2.24) is 4.98 Å². The van der Waals surface area contributed by atoms with E-state index in [2.05, 4.69) is 4.98 Å².